The highest BCUT2D eigenvalue weighted by molar-refractivity contribution is 8.27. The average molecular weight is 384 g/mol. The van der Waals surface area contributed by atoms with Crippen LogP contribution < -0.4 is 0 Å². The first-order chi connectivity index (χ1) is 12.9. The van der Waals surface area contributed by atoms with Crippen molar-refractivity contribution in [1.82, 2.24) is 12.9 Å². The standard InChI is InChI=1S/C22H45N3S/c1-2-3-22-26(23-16-10-4-5-11-17-23,24-18-12-6-7-13-19-24)25-20-14-8-9-15-21-25/h2-22H2,1H3. The molecule has 26 heavy (non-hydrogen) atoms. The molecule has 3 fully saturated rings. The Kier molecular flexibility index (Phi) is 9.09. The molecule has 154 valence electrons. The number of rotatable bonds is 6. The van der Waals surface area contributed by atoms with Crippen molar-refractivity contribution < 1.29 is 0 Å². The van der Waals surface area contributed by atoms with Gasteiger partial charge in [0.2, 0.25) is 0 Å². The maximum Gasteiger partial charge on any atom is 0.0149 e. The molecular weight excluding hydrogens is 338 g/mol. The molecule has 0 aromatic rings. The molecule has 3 saturated heterocycles. The van der Waals surface area contributed by atoms with Gasteiger partial charge in [-0.05, 0) is 44.9 Å². The Hall–Kier alpha value is 0.230. The molecule has 0 aliphatic carbocycles. The van der Waals surface area contributed by atoms with Crippen LogP contribution in [0.4, 0.5) is 0 Å². The van der Waals surface area contributed by atoms with E-state index in [1.807, 2.05) is 0 Å². The van der Waals surface area contributed by atoms with E-state index >= 15 is 0 Å². The van der Waals surface area contributed by atoms with Gasteiger partial charge in [-0.15, -0.1) is 0 Å². The van der Waals surface area contributed by atoms with Crippen molar-refractivity contribution in [2.75, 3.05) is 45.0 Å². The number of nitrogens with zero attached hydrogens (tertiary/aromatic N) is 3. The highest BCUT2D eigenvalue weighted by Gasteiger charge is 2.42. The molecule has 0 atom stereocenters. The first-order valence-corrected chi connectivity index (χ1v) is 13.6. The lowest BCUT2D eigenvalue weighted by Gasteiger charge is -2.61. The van der Waals surface area contributed by atoms with E-state index in [0.717, 1.165) is 0 Å². The van der Waals surface area contributed by atoms with Crippen molar-refractivity contribution >= 4 is 10.6 Å². The molecule has 3 rings (SSSR count). The fraction of sp³-hybridized carbons (Fsp3) is 1.00. The first-order valence-electron chi connectivity index (χ1n) is 11.9. The molecule has 0 aromatic carbocycles. The predicted octanol–water partition coefficient (Wildman–Crippen LogP) is 5.96. The summed E-state index contributed by atoms with van der Waals surface area (Å²) < 4.78 is 9.19. The molecule has 0 amide bonds. The second-order valence-electron chi connectivity index (χ2n) is 8.72. The third-order valence-corrected chi connectivity index (χ3v) is 11.1. The maximum absolute atomic E-state index is 3.06. The van der Waals surface area contributed by atoms with Crippen LogP contribution in [0.2, 0.25) is 0 Å². The molecule has 3 nitrogen and oxygen atoms in total. The zero-order chi connectivity index (χ0) is 18.1. The number of unbranched alkanes of at least 4 members (excludes halogenated alkanes) is 1. The zero-order valence-corrected chi connectivity index (χ0v) is 18.4. The van der Waals surface area contributed by atoms with Gasteiger partial charge >= 0.3 is 0 Å². The fourth-order valence-corrected chi connectivity index (χ4v) is 10.2. The summed E-state index contributed by atoms with van der Waals surface area (Å²) in [6.45, 7) is 10.6. The Balaban J connectivity index is 1.92. The Morgan fingerprint density at radius 3 is 1.08 bits per heavy atom. The summed E-state index contributed by atoms with van der Waals surface area (Å²) >= 11 is 0. The first kappa shape index (κ1) is 21.0. The SMILES string of the molecule is CCCCS(N1CCCCCC1)(N1CCCCCC1)N1CCCCCC1. The van der Waals surface area contributed by atoms with E-state index in [0.29, 0.717) is 0 Å². The van der Waals surface area contributed by atoms with Crippen LogP contribution in [0, 0.1) is 0 Å². The molecule has 0 saturated carbocycles. The Morgan fingerprint density at radius 2 is 0.808 bits per heavy atom. The largest absolute Gasteiger partial charge is 0.245 e. The smallest absolute Gasteiger partial charge is 0.0149 e. The van der Waals surface area contributed by atoms with E-state index in [1.165, 1.54) is 135 Å². The van der Waals surface area contributed by atoms with E-state index < -0.39 is 10.6 Å². The lowest BCUT2D eigenvalue weighted by atomic mass is 10.2. The van der Waals surface area contributed by atoms with Gasteiger partial charge < -0.3 is 0 Å². The quantitative estimate of drug-likeness (QED) is 0.560. The van der Waals surface area contributed by atoms with Gasteiger partial charge in [-0.1, -0.05) is 62.5 Å². The molecule has 0 spiro atoms. The van der Waals surface area contributed by atoms with Crippen molar-refractivity contribution in [3.8, 4) is 0 Å². The van der Waals surface area contributed by atoms with E-state index in [1.54, 1.807) is 0 Å². The second-order valence-corrected chi connectivity index (χ2v) is 11.9. The van der Waals surface area contributed by atoms with Crippen LogP contribution in [0.25, 0.3) is 0 Å². The van der Waals surface area contributed by atoms with Crippen LogP contribution in [-0.4, -0.2) is 57.9 Å². The molecule has 3 heterocycles. The van der Waals surface area contributed by atoms with Crippen LogP contribution in [0.1, 0.15) is 96.8 Å². The van der Waals surface area contributed by atoms with E-state index in [9.17, 15) is 0 Å². The third kappa shape index (κ3) is 5.18. The van der Waals surface area contributed by atoms with Gasteiger partial charge in [-0.2, -0.15) is 0 Å². The van der Waals surface area contributed by atoms with Crippen LogP contribution in [0.15, 0.2) is 0 Å². The molecule has 3 aliphatic rings. The Morgan fingerprint density at radius 1 is 0.500 bits per heavy atom. The van der Waals surface area contributed by atoms with Crippen molar-refractivity contribution in [3.63, 3.8) is 0 Å². The van der Waals surface area contributed by atoms with Crippen molar-refractivity contribution in [1.29, 1.82) is 0 Å². The molecule has 3 aliphatic heterocycles. The minimum absolute atomic E-state index is 0.934. The van der Waals surface area contributed by atoms with Gasteiger partial charge in [0, 0.05) is 45.0 Å². The molecule has 0 bridgehead atoms. The van der Waals surface area contributed by atoms with Crippen LogP contribution >= 0.6 is 10.6 Å². The second kappa shape index (κ2) is 11.3. The average Bonchev–Trinajstić information content (AvgIpc) is 3.20. The molecule has 0 N–H and O–H groups in total. The minimum atomic E-state index is -0.934. The molecule has 0 unspecified atom stereocenters. The summed E-state index contributed by atoms with van der Waals surface area (Å²) in [7, 11) is -0.934. The van der Waals surface area contributed by atoms with Crippen LogP contribution in [-0.2, 0) is 0 Å². The van der Waals surface area contributed by atoms with Crippen molar-refractivity contribution in [2.45, 2.75) is 96.8 Å². The normalized spacial score (nSPS) is 26.8. The summed E-state index contributed by atoms with van der Waals surface area (Å²) in [6.07, 6.45) is 20.1. The summed E-state index contributed by atoms with van der Waals surface area (Å²) in [6, 6.07) is 0. The van der Waals surface area contributed by atoms with Gasteiger partial charge in [0.05, 0.1) is 0 Å². The van der Waals surface area contributed by atoms with Gasteiger partial charge in [0.25, 0.3) is 0 Å². The molecular formula is C22H45N3S. The fourth-order valence-electron chi connectivity index (χ4n) is 5.22. The summed E-state index contributed by atoms with van der Waals surface area (Å²) in [5.74, 6) is 1.45. The van der Waals surface area contributed by atoms with E-state index in [2.05, 4.69) is 19.8 Å². The number of hydrogen-bond acceptors (Lipinski definition) is 3. The monoisotopic (exact) mass is 383 g/mol. The molecule has 4 heteroatoms. The summed E-state index contributed by atoms with van der Waals surface area (Å²) in [4.78, 5) is 0. The highest BCUT2D eigenvalue weighted by Crippen LogP contribution is 2.60. The van der Waals surface area contributed by atoms with Crippen LogP contribution in [0.5, 0.6) is 0 Å². The minimum Gasteiger partial charge on any atom is -0.245 e. The number of hydrogen-bond donors (Lipinski definition) is 0. The van der Waals surface area contributed by atoms with E-state index in [4.69, 9.17) is 0 Å². The van der Waals surface area contributed by atoms with E-state index in [-0.39, 0.29) is 0 Å². The lowest BCUT2D eigenvalue weighted by Crippen LogP contribution is -2.51. The van der Waals surface area contributed by atoms with Gasteiger partial charge in [0.15, 0.2) is 0 Å². The highest BCUT2D eigenvalue weighted by atomic mass is 32.3. The lowest BCUT2D eigenvalue weighted by molar-refractivity contribution is 0.331. The Bertz CT molecular complexity index is 315. The molecule has 0 radical (unpaired) electrons. The summed E-state index contributed by atoms with van der Waals surface area (Å²) in [5.41, 5.74) is 0. The van der Waals surface area contributed by atoms with Gasteiger partial charge in [-0.3, -0.25) is 0 Å². The maximum atomic E-state index is 3.06. The van der Waals surface area contributed by atoms with Crippen molar-refractivity contribution in [3.05, 3.63) is 0 Å². The van der Waals surface area contributed by atoms with Crippen LogP contribution in [0.3, 0.4) is 0 Å². The third-order valence-electron chi connectivity index (χ3n) is 6.71. The molecule has 0 aromatic heterocycles. The predicted molar refractivity (Wildman–Crippen MR) is 117 cm³/mol. The van der Waals surface area contributed by atoms with Gasteiger partial charge in [-0.25, -0.2) is 12.9 Å². The zero-order valence-electron chi connectivity index (χ0n) is 17.6. The summed E-state index contributed by atoms with van der Waals surface area (Å²) in [5, 5.41) is 0. The topological polar surface area (TPSA) is 9.72 Å². The Labute approximate surface area is 165 Å². The van der Waals surface area contributed by atoms with Gasteiger partial charge in [0.1, 0.15) is 0 Å². The van der Waals surface area contributed by atoms with Crippen molar-refractivity contribution in [2.24, 2.45) is 0 Å².